The first-order chi connectivity index (χ1) is 9.92. The van der Waals surface area contributed by atoms with Crippen LogP contribution >= 0.6 is 0 Å². The minimum atomic E-state index is -3.45. The fourth-order valence-electron chi connectivity index (χ4n) is 2.47. The summed E-state index contributed by atoms with van der Waals surface area (Å²) in [6.45, 7) is 0.910. The van der Waals surface area contributed by atoms with Crippen LogP contribution < -0.4 is 0 Å². The van der Waals surface area contributed by atoms with Crippen LogP contribution in [-0.2, 0) is 15.8 Å². The third kappa shape index (κ3) is 4.03. The maximum Gasteiger partial charge on any atom is 0.335 e. The molecule has 6 nitrogen and oxygen atoms in total. The van der Waals surface area contributed by atoms with Gasteiger partial charge in [-0.25, -0.2) is 17.5 Å². The van der Waals surface area contributed by atoms with Crippen molar-refractivity contribution in [2.24, 2.45) is 5.92 Å². The molecule has 1 heterocycles. The molecule has 0 bridgehead atoms. The lowest BCUT2D eigenvalue weighted by Gasteiger charge is -2.30. The summed E-state index contributed by atoms with van der Waals surface area (Å²) in [7, 11) is -3.45. The van der Waals surface area contributed by atoms with Crippen molar-refractivity contribution in [3.05, 3.63) is 35.4 Å². The number of aliphatic hydroxyl groups is 1. The standard InChI is InChI=1S/C14H19NO5S/c16-9-11-4-6-15(7-5-11)21(19,20)10-12-2-1-3-13(8-12)14(17)18/h1-3,8,11,16H,4-7,9-10H2,(H,17,18). The number of carboxylic acids is 1. The predicted molar refractivity (Wildman–Crippen MR) is 77.4 cm³/mol. The lowest BCUT2D eigenvalue weighted by atomic mass is 10.00. The number of piperidine rings is 1. The van der Waals surface area contributed by atoms with Crippen molar-refractivity contribution in [1.29, 1.82) is 0 Å². The third-order valence-electron chi connectivity index (χ3n) is 3.75. The van der Waals surface area contributed by atoms with Gasteiger partial charge in [0.2, 0.25) is 10.0 Å². The molecular weight excluding hydrogens is 294 g/mol. The van der Waals surface area contributed by atoms with Gasteiger partial charge in [-0.05, 0) is 36.5 Å². The fourth-order valence-corrected chi connectivity index (χ4v) is 4.02. The van der Waals surface area contributed by atoms with E-state index in [0.29, 0.717) is 31.5 Å². The van der Waals surface area contributed by atoms with Gasteiger partial charge in [0.05, 0.1) is 11.3 Å². The molecular formula is C14H19NO5S. The van der Waals surface area contributed by atoms with E-state index >= 15 is 0 Å². The van der Waals surface area contributed by atoms with Gasteiger partial charge in [0.1, 0.15) is 0 Å². The first-order valence-corrected chi connectivity index (χ1v) is 8.44. The summed E-state index contributed by atoms with van der Waals surface area (Å²) in [6, 6.07) is 5.99. The second-order valence-electron chi connectivity index (χ2n) is 5.29. The number of nitrogens with zero attached hydrogens (tertiary/aromatic N) is 1. The molecule has 0 radical (unpaired) electrons. The predicted octanol–water partition coefficient (Wildman–Crippen LogP) is 0.919. The van der Waals surface area contributed by atoms with E-state index in [4.69, 9.17) is 10.2 Å². The number of carbonyl (C=O) groups is 1. The van der Waals surface area contributed by atoms with Crippen LogP contribution in [0.1, 0.15) is 28.8 Å². The Kier molecular flexibility index (Phi) is 4.97. The van der Waals surface area contributed by atoms with Gasteiger partial charge in [-0.2, -0.15) is 0 Å². The van der Waals surface area contributed by atoms with Crippen LogP contribution in [0.25, 0.3) is 0 Å². The normalized spacial score (nSPS) is 17.8. The molecule has 1 aliphatic heterocycles. The quantitative estimate of drug-likeness (QED) is 0.843. The van der Waals surface area contributed by atoms with Crippen LogP contribution in [-0.4, -0.2) is 48.6 Å². The van der Waals surface area contributed by atoms with E-state index in [-0.39, 0.29) is 23.8 Å². The Morgan fingerprint density at radius 2 is 1.95 bits per heavy atom. The van der Waals surface area contributed by atoms with E-state index in [1.165, 1.54) is 16.4 Å². The number of sulfonamides is 1. The lowest BCUT2D eigenvalue weighted by Crippen LogP contribution is -2.39. The largest absolute Gasteiger partial charge is 0.478 e. The Bertz CT molecular complexity index is 606. The van der Waals surface area contributed by atoms with Crippen LogP contribution in [0.2, 0.25) is 0 Å². The second-order valence-corrected chi connectivity index (χ2v) is 7.26. The summed E-state index contributed by atoms with van der Waals surface area (Å²) in [5.41, 5.74) is 0.556. The highest BCUT2D eigenvalue weighted by molar-refractivity contribution is 7.88. The highest BCUT2D eigenvalue weighted by Gasteiger charge is 2.27. The van der Waals surface area contributed by atoms with Crippen molar-refractivity contribution < 1.29 is 23.4 Å². The van der Waals surface area contributed by atoms with Crippen molar-refractivity contribution >= 4 is 16.0 Å². The van der Waals surface area contributed by atoms with Crippen LogP contribution in [0.4, 0.5) is 0 Å². The first-order valence-electron chi connectivity index (χ1n) is 6.83. The molecule has 21 heavy (non-hydrogen) atoms. The van der Waals surface area contributed by atoms with E-state index < -0.39 is 16.0 Å². The minimum Gasteiger partial charge on any atom is -0.478 e. The molecule has 0 saturated carbocycles. The summed E-state index contributed by atoms with van der Waals surface area (Å²) in [5, 5.41) is 18.0. The van der Waals surface area contributed by atoms with Gasteiger partial charge in [0.15, 0.2) is 0 Å². The van der Waals surface area contributed by atoms with Crippen LogP contribution in [0.5, 0.6) is 0 Å². The van der Waals surface area contributed by atoms with Gasteiger partial charge < -0.3 is 10.2 Å². The fraction of sp³-hybridized carbons (Fsp3) is 0.500. The van der Waals surface area contributed by atoms with Gasteiger partial charge in [0, 0.05) is 19.7 Å². The number of rotatable bonds is 5. The van der Waals surface area contributed by atoms with Crippen LogP contribution in [0, 0.1) is 5.92 Å². The molecule has 1 aromatic carbocycles. The Labute approximate surface area is 124 Å². The Morgan fingerprint density at radius 3 is 2.52 bits per heavy atom. The second kappa shape index (κ2) is 6.55. The van der Waals surface area contributed by atoms with E-state index in [2.05, 4.69) is 0 Å². The minimum absolute atomic E-state index is 0.0849. The topological polar surface area (TPSA) is 94.9 Å². The molecule has 0 aliphatic carbocycles. The van der Waals surface area contributed by atoms with Gasteiger partial charge in [-0.15, -0.1) is 0 Å². The summed E-state index contributed by atoms with van der Waals surface area (Å²) < 4.78 is 26.1. The number of benzene rings is 1. The van der Waals surface area contributed by atoms with Crippen molar-refractivity contribution in [3.63, 3.8) is 0 Å². The van der Waals surface area contributed by atoms with Gasteiger partial charge in [-0.3, -0.25) is 0 Å². The molecule has 116 valence electrons. The molecule has 0 spiro atoms. The highest BCUT2D eigenvalue weighted by atomic mass is 32.2. The Morgan fingerprint density at radius 1 is 1.29 bits per heavy atom. The number of aromatic carboxylic acids is 1. The number of carboxylic acid groups (broad SMARTS) is 1. The molecule has 2 rings (SSSR count). The van der Waals surface area contributed by atoms with Crippen LogP contribution in [0.3, 0.4) is 0 Å². The zero-order valence-corrected chi connectivity index (χ0v) is 12.4. The number of aliphatic hydroxyl groups excluding tert-OH is 1. The lowest BCUT2D eigenvalue weighted by molar-refractivity contribution is 0.0696. The average molecular weight is 313 g/mol. The van der Waals surface area contributed by atoms with Crippen molar-refractivity contribution in [3.8, 4) is 0 Å². The van der Waals surface area contributed by atoms with E-state index in [9.17, 15) is 13.2 Å². The molecule has 0 atom stereocenters. The molecule has 2 N–H and O–H groups in total. The molecule has 1 saturated heterocycles. The maximum absolute atomic E-state index is 12.3. The molecule has 0 unspecified atom stereocenters. The Balaban J connectivity index is 2.07. The first kappa shape index (κ1) is 15.9. The SMILES string of the molecule is O=C(O)c1cccc(CS(=O)(=O)N2CCC(CO)CC2)c1. The summed E-state index contributed by atoms with van der Waals surface area (Å²) >= 11 is 0. The Hall–Kier alpha value is -1.44. The summed E-state index contributed by atoms with van der Waals surface area (Å²) in [5.74, 6) is -1.09. The van der Waals surface area contributed by atoms with Crippen molar-refractivity contribution in [1.82, 2.24) is 4.31 Å². The average Bonchev–Trinajstić information content (AvgIpc) is 2.47. The van der Waals surface area contributed by atoms with Crippen molar-refractivity contribution in [2.45, 2.75) is 18.6 Å². The molecule has 1 aromatic rings. The molecule has 1 fully saturated rings. The van der Waals surface area contributed by atoms with Gasteiger partial charge in [-0.1, -0.05) is 12.1 Å². The van der Waals surface area contributed by atoms with E-state index in [1.54, 1.807) is 12.1 Å². The summed E-state index contributed by atoms with van der Waals surface area (Å²) in [6.07, 6.45) is 1.32. The zero-order valence-electron chi connectivity index (χ0n) is 11.6. The highest BCUT2D eigenvalue weighted by Crippen LogP contribution is 2.21. The number of hydrogen-bond donors (Lipinski definition) is 2. The zero-order chi connectivity index (χ0) is 15.5. The third-order valence-corrected chi connectivity index (χ3v) is 5.60. The van der Waals surface area contributed by atoms with Gasteiger partial charge >= 0.3 is 5.97 Å². The van der Waals surface area contributed by atoms with Crippen molar-refractivity contribution in [2.75, 3.05) is 19.7 Å². The van der Waals surface area contributed by atoms with Gasteiger partial charge in [0.25, 0.3) is 0 Å². The van der Waals surface area contributed by atoms with E-state index in [1.807, 2.05) is 0 Å². The maximum atomic E-state index is 12.3. The summed E-state index contributed by atoms with van der Waals surface area (Å²) in [4.78, 5) is 10.9. The molecule has 0 amide bonds. The van der Waals surface area contributed by atoms with E-state index in [0.717, 1.165) is 0 Å². The molecule has 1 aliphatic rings. The van der Waals surface area contributed by atoms with Crippen LogP contribution in [0.15, 0.2) is 24.3 Å². The molecule has 0 aromatic heterocycles. The molecule has 7 heteroatoms. The smallest absolute Gasteiger partial charge is 0.335 e. The number of hydrogen-bond acceptors (Lipinski definition) is 4. The monoisotopic (exact) mass is 313 g/mol.